The number of nitrogens with zero attached hydrogens (tertiary/aromatic N) is 6. The molecular formula is C21H26N6O. The Balaban J connectivity index is 1.73. The molecule has 0 spiro atoms. The number of phenolic OH excluding ortho intramolecular Hbond substituents is 1. The van der Waals surface area contributed by atoms with Crippen molar-refractivity contribution in [1.82, 2.24) is 15.1 Å². The summed E-state index contributed by atoms with van der Waals surface area (Å²) in [5.74, 6) is 0.985. The number of phenols is 1. The SMILES string of the molecule is Cc1cc(C#N)cc(O)c1-c1cc2c(nn1)N([C@@H]1CCCN(C)C1)CCN2C. The van der Waals surface area contributed by atoms with E-state index < -0.39 is 0 Å². The van der Waals surface area contributed by atoms with Crippen molar-refractivity contribution in [3.63, 3.8) is 0 Å². The topological polar surface area (TPSA) is 79.5 Å². The third kappa shape index (κ3) is 3.25. The minimum atomic E-state index is 0.0648. The molecule has 1 aromatic heterocycles. The zero-order chi connectivity index (χ0) is 19.8. The number of likely N-dealkylation sites (tertiary alicyclic amines) is 1. The van der Waals surface area contributed by atoms with Crippen LogP contribution in [0.3, 0.4) is 0 Å². The largest absolute Gasteiger partial charge is 0.507 e. The van der Waals surface area contributed by atoms with E-state index in [9.17, 15) is 5.11 Å². The average Bonchev–Trinajstić information content (AvgIpc) is 2.68. The fourth-order valence-corrected chi connectivity index (χ4v) is 4.38. The Bertz CT molecular complexity index is 914. The smallest absolute Gasteiger partial charge is 0.175 e. The van der Waals surface area contributed by atoms with Gasteiger partial charge in [-0.25, -0.2) is 0 Å². The van der Waals surface area contributed by atoms with Gasteiger partial charge in [0.05, 0.1) is 23.0 Å². The van der Waals surface area contributed by atoms with E-state index in [1.54, 1.807) is 6.07 Å². The van der Waals surface area contributed by atoms with Gasteiger partial charge in [-0.05, 0) is 57.1 Å². The molecule has 0 radical (unpaired) electrons. The molecule has 1 aromatic carbocycles. The Morgan fingerprint density at radius 1 is 1.14 bits per heavy atom. The van der Waals surface area contributed by atoms with Gasteiger partial charge in [-0.3, -0.25) is 0 Å². The highest BCUT2D eigenvalue weighted by atomic mass is 16.3. The third-order valence-corrected chi connectivity index (χ3v) is 5.85. The molecule has 7 nitrogen and oxygen atoms in total. The molecule has 0 bridgehead atoms. The summed E-state index contributed by atoms with van der Waals surface area (Å²) in [4.78, 5) is 6.98. The van der Waals surface area contributed by atoms with Crippen molar-refractivity contribution >= 4 is 11.5 Å². The maximum atomic E-state index is 10.5. The molecule has 0 saturated carbocycles. The number of hydrogen-bond acceptors (Lipinski definition) is 7. The number of aromatic nitrogens is 2. The van der Waals surface area contributed by atoms with Crippen molar-refractivity contribution in [3.05, 3.63) is 29.3 Å². The molecule has 2 aromatic rings. The van der Waals surface area contributed by atoms with Crippen LogP contribution in [0.1, 0.15) is 24.0 Å². The van der Waals surface area contributed by atoms with E-state index in [1.165, 1.54) is 18.9 Å². The number of anilines is 2. The first-order valence-electron chi connectivity index (χ1n) is 9.76. The molecular weight excluding hydrogens is 352 g/mol. The molecule has 7 heteroatoms. The fourth-order valence-electron chi connectivity index (χ4n) is 4.38. The van der Waals surface area contributed by atoms with E-state index in [4.69, 9.17) is 5.26 Å². The molecule has 0 amide bonds. The molecule has 0 aliphatic carbocycles. The van der Waals surface area contributed by atoms with Crippen LogP contribution in [0.25, 0.3) is 11.3 Å². The van der Waals surface area contributed by atoms with E-state index >= 15 is 0 Å². The van der Waals surface area contributed by atoms with Gasteiger partial charge in [0, 0.05) is 38.3 Å². The van der Waals surface area contributed by atoms with Crippen LogP contribution in [0.4, 0.5) is 11.5 Å². The lowest BCUT2D eigenvalue weighted by Crippen LogP contribution is -2.51. The van der Waals surface area contributed by atoms with Gasteiger partial charge in [0.2, 0.25) is 0 Å². The molecule has 28 heavy (non-hydrogen) atoms. The number of nitriles is 1. The summed E-state index contributed by atoms with van der Waals surface area (Å²) in [6.07, 6.45) is 2.37. The van der Waals surface area contributed by atoms with Crippen LogP contribution in [-0.2, 0) is 0 Å². The zero-order valence-electron chi connectivity index (χ0n) is 16.7. The number of hydrogen-bond donors (Lipinski definition) is 1. The summed E-state index contributed by atoms with van der Waals surface area (Å²) in [7, 11) is 4.24. The lowest BCUT2D eigenvalue weighted by atomic mass is 10.00. The number of likely N-dealkylation sites (N-methyl/N-ethyl adjacent to an activating group) is 2. The van der Waals surface area contributed by atoms with Crippen molar-refractivity contribution in [2.75, 3.05) is 50.1 Å². The first-order chi connectivity index (χ1) is 13.5. The van der Waals surface area contributed by atoms with Crippen LogP contribution in [-0.4, -0.2) is 66.5 Å². The number of piperidine rings is 1. The number of benzene rings is 1. The molecule has 0 unspecified atom stereocenters. The van der Waals surface area contributed by atoms with E-state index in [1.807, 2.05) is 13.0 Å². The van der Waals surface area contributed by atoms with E-state index in [0.29, 0.717) is 22.9 Å². The average molecular weight is 378 g/mol. The predicted molar refractivity (Wildman–Crippen MR) is 110 cm³/mol. The Morgan fingerprint density at radius 2 is 1.96 bits per heavy atom. The minimum absolute atomic E-state index is 0.0648. The molecule has 2 aliphatic heterocycles. The highest BCUT2D eigenvalue weighted by molar-refractivity contribution is 5.78. The zero-order valence-corrected chi connectivity index (χ0v) is 16.7. The van der Waals surface area contributed by atoms with Crippen LogP contribution in [0.15, 0.2) is 18.2 Å². The van der Waals surface area contributed by atoms with Crippen molar-refractivity contribution in [2.24, 2.45) is 0 Å². The molecule has 2 aliphatic rings. The Kier molecular flexibility index (Phi) is 4.82. The van der Waals surface area contributed by atoms with E-state index in [0.717, 1.165) is 43.2 Å². The molecule has 146 valence electrons. The summed E-state index contributed by atoms with van der Waals surface area (Å²) in [6.45, 7) is 5.94. The second-order valence-electron chi connectivity index (χ2n) is 7.91. The third-order valence-electron chi connectivity index (χ3n) is 5.85. The van der Waals surface area contributed by atoms with E-state index in [-0.39, 0.29) is 5.75 Å². The molecule has 1 atom stereocenters. The van der Waals surface area contributed by atoms with Crippen LogP contribution in [0.5, 0.6) is 5.75 Å². The normalized spacial score (nSPS) is 20.0. The number of aryl methyl sites for hydroxylation is 1. The van der Waals surface area contributed by atoms with Gasteiger partial charge in [-0.1, -0.05) is 0 Å². The molecule has 3 heterocycles. The van der Waals surface area contributed by atoms with Crippen LogP contribution in [0, 0.1) is 18.3 Å². The monoisotopic (exact) mass is 378 g/mol. The maximum Gasteiger partial charge on any atom is 0.175 e. The van der Waals surface area contributed by atoms with Crippen LogP contribution >= 0.6 is 0 Å². The van der Waals surface area contributed by atoms with Crippen molar-refractivity contribution in [2.45, 2.75) is 25.8 Å². The highest BCUT2D eigenvalue weighted by Crippen LogP contribution is 2.38. The second kappa shape index (κ2) is 7.28. The second-order valence-corrected chi connectivity index (χ2v) is 7.91. The summed E-state index contributed by atoms with van der Waals surface area (Å²) in [6, 6.07) is 7.79. The summed E-state index contributed by atoms with van der Waals surface area (Å²) in [5, 5.41) is 28.6. The van der Waals surface area contributed by atoms with Gasteiger partial charge in [0.25, 0.3) is 0 Å². The molecule has 1 saturated heterocycles. The number of fused-ring (bicyclic) bond motifs is 1. The van der Waals surface area contributed by atoms with Crippen molar-refractivity contribution in [3.8, 4) is 23.1 Å². The molecule has 1 fully saturated rings. The van der Waals surface area contributed by atoms with Crippen molar-refractivity contribution < 1.29 is 5.11 Å². The minimum Gasteiger partial charge on any atom is -0.507 e. The first-order valence-corrected chi connectivity index (χ1v) is 9.76. The van der Waals surface area contributed by atoms with Gasteiger partial charge in [-0.15, -0.1) is 10.2 Å². The standard InChI is InChI=1S/C21H26N6O/c1-14-9-15(12-22)10-19(28)20(14)17-11-18-21(24-23-17)27(8-7-26(18)3)16-5-4-6-25(2)13-16/h9-11,16,28H,4-8,13H2,1-3H3/t16-/m1/s1. The first kappa shape index (κ1) is 18.5. The van der Waals surface area contributed by atoms with Crippen LogP contribution in [0.2, 0.25) is 0 Å². The molecule has 1 N–H and O–H groups in total. The van der Waals surface area contributed by atoms with Gasteiger partial charge in [0.15, 0.2) is 5.82 Å². The van der Waals surface area contributed by atoms with Crippen molar-refractivity contribution in [1.29, 1.82) is 5.26 Å². The number of aromatic hydroxyl groups is 1. The Hall–Kier alpha value is -2.85. The summed E-state index contributed by atoms with van der Waals surface area (Å²) < 4.78 is 0. The Labute approximate surface area is 165 Å². The maximum absolute atomic E-state index is 10.5. The van der Waals surface area contributed by atoms with Gasteiger partial charge < -0.3 is 19.8 Å². The lowest BCUT2D eigenvalue weighted by molar-refractivity contribution is 0.243. The predicted octanol–water partition coefficient (Wildman–Crippen LogP) is 2.38. The van der Waals surface area contributed by atoms with Gasteiger partial charge in [-0.2, -0.15) is 5.26 Å². The lowest BCUT2D eigenvalue weighted by Gasteiger charge is -2.43. The highest BCUT2D eigenvalue weighted by Gasteiger charge is 2.31. The van der Waals surface area contributed by atoms with Gasteiger partial charge in [0.1, 0.15) is 5.75 Å². The summed E-state index contributed by atoms with van der Waals surface area (Å²) >= 11 is 0. The van der Waals surface area contributed by atoms with Gasteiger partial charge >= 0.3 is 0 Å². The van der Waals surface area contributed by atoms with E-state index in [2.05, 4.69) is 45.1 Å². The fraction of sp³-hybridized carbons (Fsp3) is 0.476. The van der Waals surface area contributed by atoms with Crippen LogP contribution < -0.4 is 9.80 Å². The quantitative estimate of drug-likeness (QED) is 0.859. The number of rotatable bonds is 2. The molecule has 4 rings (SSSR count). The Morgan fingerprint density at radius 3 is 2.68 bits per heavy atom. The summed E-state index contributed by atoms with van der Waals surface area (Å²) in [5.41, 5.74) is 3.56.